The number of carbonyl (C=O) groups is 1. The van der Waals surface area contributed by atoms with E-state index >= 15 is 0 Å². The Morgan fingerprint density at radius 1 is 1.02 bits per heavy atom. The molecule has 0 bridgehead atoms. The van der Waals surface area contributed by atoms with E-state index in [1.807, 2.05) is 0 Å². The van der Waals surface area contributed by atoms with Gasteiger partial charge in [0, 0.05) is 11.6 Å². The molecule has 0 unspecified atom stereocenters. The van der Waals surface area contributed by atoms with Crippen molar-refractivity contribution in [3.05, 3.63) is 109 Å². The number of allylic oxidation sites excluding steroid dienone is 1. The molecule has 6 rings (SSSR count). The summed E-state index contributed by atoms with van der Waals surface area (Å²) in [5, 5.41) is 0.0272. The second-order valence-corrected chi connectivity index (χ2v) is 12.8. The molecule has 264 valence electrons. The van der Waals surface area contributed by atoms with E-state index in [1.165, 1.54) is 32.0 Å². The first-order chi connectivity index (χ1) is 24.4. The largest absolute Gasteiger partial charge is 0.493 e. The lowest BCUT2D eigenvalue weighted by Gasteiger charge is -2.26. The van der Waals surface area contributed by atoms with Gasteiger partial charge in [-0.1, -0.05) is 41.7 Å². The van der Waals surface area contributed by atoms with Crippen LogP contribution in [0.25, 0.3) is 17.3 Å². The molecule has 0 fully saturated rings. The lowest BCUT2D eigenvalue weighted by molar-refractivity contribution is -0.141. The van der Waals surface area contributed by atoms with Crippen molar-refractivity contribution in [1.29, 1.82) is 0 Å². The molecule has 11 nitrogen and oxygen atoms in total. The van der Waals surface area contributed by atoms with Crippen molar-refractivity contribution in [2.45, 2.75) is 36.3 Å². The predicted molar refractivity (Wildman–Crippen MR) is 182 cm³/mol. The molecular formula is C35H29F3N4O7S2. The van der Waals surface area contributed by atoms with Gasteiger partial charge in [0.2, 0.25) is 5.75 Å². The molecule has 0 N–H and O–H groups in total. The fraction of sp³-hybridized carbons (Fsp3) is 0.229. The highest BCUT2D eigenvalue weighted by molar-refractivity contribution is 7.99. The van der Waals surface area contributed by atoms with Gasteiger partial charge in [0.25, 0.3) is 5.56 Å². The Morgan fingerprint density at radius 3 is 2.35 bits per heavy atom. The summed E-state index contributed by atoms with van der Waals surface area (Å²) in [6, 6.07) is 14.8. The van der Waals surface area contributed by atoms with E-state index in [9.17, 15) is 22.8 Å². The molecule has 0 amide bonds. The molecule has 51 heavy (non-hydrogen) atoms. The average Bonchev–Trinajstić information content (AvgIpc) is 3.68. The lowest BCUT2D eigenvalue weighted by Crippen LogP contribution is -2.40. The number of benzene rings is 2. The zero-order chi connectivity index (χ0) is 36.4. The van der Waals surface area contributed by atoms with Gasteiger partial charge in [0.1, 0.15) is 11.5 Å². The first-order valence-corrected chi connectivity index (χ1v) is 16.9. The van der Waals surface area contributed by atoms with Crippen LogP contribution in [0, 0.1) is 0 Å². The highest BCUT2D eigenvalue weighted by Gasteiger charge is 2.36. The van der Waals surface area contributed by atoms with Gasteiger partial charge >= 0.3 is 12.1 Å². The number of halogens is 3. The summed E-state index contributed by atoms with van der Waals surface area (Å²) in [6.07, 6.45) is -3.21. The molecule has 1 atom stereocenters. The predicted octanol–water partition coefficient (Wildman–Crippen LogP) is 6.04. The molecule has 16 heteroatoms. The summed E-state index contributed by atoms with van der Waals surface area (Å²) in [5.74, 6) is 0.546. The fourth-order valence-corrected chi connectivity index (χ4v) is 7.19. The summed E-state index contributed by atoms with van der Waals surface area (Å²) in [7, 11) is 4.37. The topological polar surface area (TPSA) is 127 Å². The van der Waals surface area contributed by atoms with Gasteiger partial charge in [-0.2, -0.15) is 13.2 Å². The van der Waals surface area contributed by atoms with Gasteiger partial charge in [-0.3, -0.25) is 9.36 Å². The van der Waals surface area contributed by atoms with Crippen molar-refractivity contribution in [1.82, 2.24) is 14.5 Å². The van der Waals surface area contributed by atoms with Crippen LogP contribution in [0.1, 0.15) is 36.9 Å². The number of thiazole rings is 1. The number of hydrogen-bond acceptors (Lipinski definition) is 12. The van der Waals surface area contributed by atoms with Crippen LogP contribution in [0.5, 0.6) is 17.2 Å². The van der Waals surface area contributed by atoms with E-state index in [0.717, 1.165) is 29.2 Å². The second kappa shape index (κ2) is 14.5. The molecule has 0 spiro atoms. The standard InChI is InChI=1S/C35H29F3N4O7S2/c1-6-48-32(44)28-18(2)39-34-42(29(28)20-14-23(45-3)30(47-5)24(15-20)46-4)31(43)25(50-34)16-21-12-13-27(49-21)51-33-40-22(19-10-8-7-9-11-19)17-26(41-33)35(36,37)38/h7-17,29H,6H2,1-5H3/b25-16+/t29-/m0/s1. The Bertz CT molecular complexity index is 2310. The number of furan rings is 1. The summed E-state index contributed by atoms with van der Waals surface area (Å²) < 4.78 is 70.7. The minimum atomic E-state index is -4.70. The van der Waals surface area contributed by atoms with Crippen LogP contribution in [0.4, 0.5) is 13.2 Å². The number of carbonyl (C=O) groups excluding carboxylic acids is 1. The van der Waals surface area contributed by atoms with Crippen LogP contribution in [-0.4, -0.2) is 48.4 Å². The molecule has 1 aliphatic heterocycles. The maximum absolute atomic E-state index is 14.1. The van der Waals surface area contributed by atoms with Gasteiger partial charge in [-0.25, -0.2) is 19.8 Å². The maximum atomic E-state index is 14.1. The molecular weight excluding hydrogens is 710 g/mol. The number of rotatable bonds is 10. The molecule has 0 aliphatic carbocycles. The molecule has 2 aromatic carbocycles. The molecule has 0 saturated carbocycles. The smallest absolute Gasteiger partial charge is 0.433 e. The highest BCUT2D eigenvalue weighted by atomic mass is 32.2. The van der Waals surface area contributed by atoms with Gasteiger partial charge in [0.15, 0.2) is 26.5 Å². The zero-order valence-corrected chi connectivity index (χ0v) is 29.4. The van der Waals surface area contributed by atoms with Gasteiger partial charge in [-0.05, 0) is 61.5 Å². The van der Waals surface area contributed by atoms with Gasteiger partial charge < -0.3 is 23.4 Å². The van der Waals surface area contributed by atoms with Crippen LogP contribution in [0.15, 0.2) is 96.4 Å². The molecule has 3 aromatic heterocycles. The van der Waals surface area contributed by atoms with Crippen molar-refractivity contribution in [3.63, 3.8) is 0 Å². The molecule has 1 aliphatic rings. The Morgan fingerprint density at radius 2 is 1.73 bits per heavy atom. The summed E-state index contributed by atoms with van der Waals surface area (Å²) in [5.41, 5.74) is 0.00546. The number of hydrogen-bond donors (Lipinski definition) is 0. The van der Waals surface area contributed by atoms with Crippen molar-refractivity contribution < 1.29 is 41.3 Å². The van der Waals surface area contributed by atoms with Crippen molar-refractivity contribution in [3.8, 4) is 28.5 Å². The molecule has 0 radical (unpaired) electrons. The normalized spacial score (nSPS) is 14.6. The van der Waals surface area contributed by atoms with E-state index < -0.39 is 29.4 Å². The lowest BCUT2D eigenvalue weighted by atomic mass is 9.95. The first-order valence-electron chi connectivity index (χ1n) is 15.2. The van der Waals surface area contributed by atoms with E-state index in [0.29, 0.717) is 38.9 Å². The third-order valence-electron chi connectivity index (χ3n) is 7.65. The monoisotopic (exact) mass is 738 g/mol. The average molecular weight is 739 g/mol. The SMILES string of the molecule is CCOC(=O)C1=C(C)N=c2s/c(=C/c3ccc(Sc4nc(-c5ccccc5)cc(C(F)(F)F)n4)o3)c(=O)n2[C@H]1c1cc(OC)c(OC)c(OC)c1. The number of fused-ring (bicyclic) bond motifs is 1. The summed E-state index contributed by atoms with van der Waals surface area (Å²) in [6.45, 7) is 3.43. The van der Waals surface area contributed by atoms with Gasteiger partial charge in [0.05, 0.1) is 55.5 Å². The van der Waals surface area contributed by atoms with Crippen LogP contribution in [0.3, 0.4) is 0 Å². The Balaban J connectivity index is 1.41. The number of methoxy groups -OCH3 is 3. The van der Waals surface area contributed by atoms with Crippen molar-refractivity contribution in [2.24, 2.45) is 4.99 Å². The van der Waals surface area contributed by atoms with Crippen LogP contribution < -0.4 is 29.1 Å². The number of aromatic nitrogens is 3. The van der Waals surface area contributed by atoms with Crippen LogP contribution in [-0.2, 0) is 15.7 Å². The fourth-order valence-electron chi connectivity index (χ4n) is 5.42. The maximum Gasteiger partial charge on any atom is 0.433 e. The van der Waals surface area contributed by atoms with Crippen molar-refractivity contribution >= 4 is 35.1 Å². The van der Waals surface area contributed by atoms with Crippen LogP contribution in [0.2, 0.25) is 0 Å². The quantitative estimate of drug-likeness (QED) is 0.124. The minimum Gasteiger partial charge on any atom is -0.493 e. The van der Waals surface area contributed by atoms with Crippen LogP contribution >= 0.6 is 23.1 Å². The summed E-state index contributed by atoms with van der Waals surface area (Å²) >= 11 is 1.88. The molecule has 5 aromatic rings. The van der Waals surface area contributed by atoms with Crippen molar-refractivity contribution in [2.75, 3.05) is 27.9 Å². The number of ether oxygens (including phenoxy) is 4. The third-order valence-corrected chi connectivity index (χ3v) is 9.42. The number of alkyl halides is 3. The number of nitrogens with zero attached hydrogens (tertiary/aromatic N) is 4. The summed E-state index contributed by atoms with van der Waals surface area (Å²) in [4.78, 5) is 40.4. The Kier molecular flexibility index (Phi) is 10.1. The van der Waals surface area contributed by atoms with E-state index in [4.69, 9.17) is 23.4 Å². The minimum absolute atomic E-state index is 0.0972. The molecule has 4 heterocycles. The highest BCUT2D eigenvalue weighted by Crippen LogP contribution is 2.42. The second-order valence-electron chi connectivity index (χ2n) is 10.8. The van der Waals surface area contributed by atoms with E-state index in [-0.39, 0.29) is 38.4 Å². The first kappa shape index (κ1) is 35.5. The van der Waals surface area contributed by atoms with E-state index in [2.05, 4.69) is 15.0 Å². The van der Waals surface area contributed by atoms with E-state index in [1.54, 1.807) is 68.4 Å². The Hall–Kier alpha value is -5.35. The third kappa shape index (κ3) is 7.14. The number of esters is 1. The Labute approximate surface area is 296 Å². The van der Waals surface area contributed by atoms with Gasteiger partial charge in [-0.15, -0.1) is 0 Å². The zero-order valence-electron chi connectivity index (χ0n) is 27.7. The molecule has 0 saturated heterocycles.